The highest BCUT2D eigenvalue weighted by molar-refractivity contribution is 5.82. The van der Waals surface area contributed by atoms with Gasteiger partial charge in [0.1, 0.15) is 18.2 Å². The zero-order valence-corrected chi connectivity index (χ0v) is 18.5. The zero-order chi connectivity index (χ0) is 22.3. The summed E-state index contributed by atoms with van der Waals surface area (Å²) in [6, 6.07) is 19.0. The molecule has 0 saturated carbocycles. The molecule has 5 heteroatoms. The van der Waals surface area contributed by atoms with Crippen molar-refractivity contribution in [3.63, 3.8) is 0 Å². The molecule has 0 bridgehead atoms. The maximum Gasteiger partial charge on any atom is 0.411 e. The lowest BCUT2D eigenvalue weighted by molar-refractivity contribution is -0.150. The third kappa shape index (κ3) is 6.99. The van der Waals surface area contributed by atoms with Crippen molar-refractivity contribution in [3.05, 3.63) is 77.9 Å². The Labute approximate surface area is 184 Å². The van der Waals surface area contributed by atoms with E-state index >= 15 is 0 Å². The number of benzene rings is 2. The second kappa shape index (κ2) is 10.3. The molecule has 164 valence electrons. The normalized spacial score (nSPS) is 18.9. The van der Waals surface area contributed by atoms with Gasteiger partial charge in [0.25, 0.3) is 0 Å². The van der Waals surface area contributed by atoms with E-state index in [2.05, 4.69) is 12.2 Å². The fourth-order valence-electron chi connectivity index (χ4n) is 3.63. The van der Waals surface area contributed by atoms with Crippen molar-refractivity contribution >= 4 is 18.1 Å². The lowest BCUT2D eigenvalue weighted by Gasteiger charge is -2.27. The van der Waals surface area contributed by atoms with E-state index in [1.807, 2.05) is 81.4 Å². The summed E-state index contributed by atoms with van der Waals surface area (Å²) in [4.78, 5) is 27.1. The van der Waals surface area contributed by atoms with Gasteiger partial charge in [-0.05, 0) is 50.7 Å². The summed E-state index contributed by atoms with van der Waals surface area (Å²) in [6.07, 6.45) is 5.04. The topological polar surface area (TPSA) is 55.8 Å². The average molecular weight is 422 g/mol. The number of ether oxygens (including phenoxy) is 2. The van der Waals surface area contributed by atoms with Crippen LogP contribution in [0.15, 0.2) is 66.7 Å². The SMILES string of the molecule is CC(C)(C)OC(=O)N1C[C@H](CC=Cc2ccccc2)C[C@H]1C(=O)OCc1ccccc1. The van der Waals surface area contributed by atoms with Crippen LogP contribution in [0.3, 0.4) is 0 Å². The molecule has 2 atom stereocenters. The van der Waals surface area contributed by atoms with Crippen molar-refractivity contribution in [1.82, 2.24) is 4.90 Å². The molecule has 0 radical (unpaired) electrons. The number of hydrogen-bond acceptors (Lipinski definition) is 4. The third-order valence-electron chi connectivity index (χ3n) is 5.09. The molecule has 3 rings (SSSR count). The van der Waals surface area contributed by atoms with Crippen molar-refractivity contribution in [2.45, 2.75) is 51.9 Å². The van der Waals surface area contributed by atoms with Gasteiger partial charge in [-0.1, -0.05) is 72.8 Å². The Kier molecular flexibility index (Phi) is 7.50. The number of carbonyl (C=O) groups excluding carboxylic acids is 2. The minimum Gasteiger partial charge on any atom is -0.459 e. The van der Waals surface area contributed by atoms with Crippen LogP contribution in [-0.2, 0) is 20.9 Å². The molecule has 5 nitrogen and oxygen atoms in total. The van der Waals surface area contributed by atoms with Crippen LogP contribution >= 0.6 is 0 Å². The van der Waals surface area contributed by atoms with Crippen molar-refractivity contribution in [1.29, 1.82) is 0 Å². The van der Waals surface area contributed by atoms with Crippen LogP contribution in [0.4, 0.5) is 4.79 Å². The van der Waals surface area contributed by atoms with E-state index in [1.54, 1.807) is 0 Å². The predicted molar refractivity (Wildman–Crippen MR) is 121 cm³/mol. The van der Waals surface area contributed by atoms with Crippen LogP contribution in [0.1, 0.15) is 44.7 Å². The maximum atomic E-state index is 12.9. The van der Waals surface area contributed by atoms with Crippen LogP contribution in [0.5, 0.6) is 0 Å². The van der Waals surface area contributed by atoms with Gasteiger partial charge in [-0.15, -0.1) is 0 Å². The highest BCUT2D eigenvalue weighted by Crippen LogP contribution is 2.29. The van der Waals surface area contributed by atoms with Crippen molar-refractivity contribution in [2.75, 3.05) is 6.54 Å². The van der Waals surface area contributed by atoms with Crippen LogP contribution < -0.4 is 0 Å². The Balaban J connectivity index is 1.65. The molecule has 2 aromatic carbocycles. The van der Waals surface area contributed by atoms with E-state index < -0.39 is 17.7 Å². The summed E-state index contributed by atoms with van der Waals surface area (Å²) in [5.74, 6) is -0.217. The van der Waals surface area contributed by atoms with Crippen molar-refractivity contribution < 1.29 is 19.1 Å². The predicted octanol–water partition coefficient (Wildman–Crippen LogP) is 5.46. The first-order chi connectivity index (χ1) is 14.8. The van der Waals surface area contributed by atoms with Gasteiger partial charge >= 0.3 is 12.1 Å². The van der Waals surface area contributed by atoms with E-state index in [-0.39, 0.29) is 18.5 Å². The van der Waals surface area contributed by atoms with Gasteiger partial charge in [-0.25, -0.2) is 9.59 Å². The first-order valence-electron chi connectivity index (χ1n) is 10.7. The molecule has 1 heterocycles. The van der Waals surface area contributed by atoms with Crippen LogP contribution in [0.2, 0.25) is 0 Å². The minimum atomic E-state index is -0.631. The number of nitrogens with zero attached hydrogens (tertiary/aromatic N) is 1. The third-order valence-corrected chi connectivity index (χ3v) is 5.09. The zero-order valence-electron chi connectivity index (χ0n) is 18.5. The molecule has 0 unspecified atom stereocenters. The summed E-state index contributed by atoms with van der Waals surface area (Å²) < 4.78 is 11.1. The average Bonchev–Trinajstić information content (AvgIpc) is 3.17. The maximum absolute atomic E-state index is 12.9. The van der Waals surface area contributed by atoms with Crippen LogP contribution in [-0.4, -0.2) is 35.2 Å². The van der Waals surface area contributed by atoms with Crippen molar-refractivity contribution in [3.8, 4) is 0 Å². The molecule has 0 N–H and O–H groups in total. The first kappa shape index (κ1) is 22.6. The quantitative estimate of drug-likeness (QED) is 0.581. The van der Waals surface area contributed by atoms with Gasteiger partial charge in [-0.3, -0.25) is 4.90 Å². The molecule has 0 aromatic heterocycles. The number of rotatable bonds is 6. The minimum absolute atomic E-state index is 0.168. The lowest BCUT2D eigenvalue weighted by Crippen LogP contribution is -2.44. The number of carbonyl (C=O) groups is 2. The van der Waals surface area contributed by atoms with E-state index in [1.165, 1.54) is 4.90 Å². The van der Waals surface area contributed by atoms with E-state index in [4.69, 9.17) is 9.47 Å². The summed E-state index contributed by atoms with van der Waals surface area (Å²) in [7, 11) is 0. The fraction of sp³-hybridized carbons (Fsp3) is 0.385. The molecule has 1 amide bonds. The van der Waals surface area contributed by atoms with Crippen LogP contribution in [0, 0.1) is 5.92 Å². The Morgan fingerprint density at radius 2 is 1.68 bits per heavy atom. The van der Waals surface area contributed by atoms with E-state index in [9.17, 15) is 9.59 Å². The molecule has 2 aromatic rings. The largest absolute Gasteiger partial charge is 0.459 e. The van der Waals surface area contributed by atoms with Gasteiger partial charge in [0.2, 0.25) is 0 Å². The van der Waals surface area contributed by atoms with Gasteiger partial charge < -0.3 is 9.47 Å². The summed E-state index contributed by atoms with van der Waals surface area (Å²) in [6.45, 7) is 6.13. The van der Waals surface area contributed by atoms with Gasteiger partial charge in [0.05, 0.1) is 0 Å². The number of likely N-dealkylation sites (tertiary alicyclic amines) is 1. The Bertz CT molecular complexity index is 887. The molecular weight excluding hydrogens is 390 g/mol. The number of amides is 1. The van der Waals surface area contributed by atoms with Gasteiger partial charge in [-0.2, -0.15) is 0 Å². The standard InChI is InChI=1S/C26H31NO4/c1-26(2,3)31-25(29)27-18-22(16-10-15-20-11-6-4-7-12-20)17-23(27)24(28)30-19-21-13-8-5-9-14-21/h4-15,22-23H,16-19H2,1-3H3/t22-,23+/m1/s1. The molecular formula is C26H31NO4. The summed E-state index contributed by atoms with van der Waals surface area (Å²) in [5.41, 5.74) is 1.42. The number of hydrogen-bond donors (Lipinski definition) is 0. The molecule has 1 fully saturated rings. The van der Waals surface area contributed by atoms with Crippen molar-refractivity contribution in [2.24, 2.45) is 5.92 Å². The molecule has 31 heavy (non-hydrogen) atoms. The molecule has 1 aliphatic heterocycles. The Hall–Kier alpha value is -3.08. The van der Waals surface area contributed by atoms with Gasteiger partial charge in [0, 0.05) is 6.54 Å². The smallest absolute Gasteiger partial charge is 0.411 e. The van der Waals surface area contributed by atoms with Gasteiger partial charge in [0.15, 0.2) is 0 Å². The highest BCUT2D eigenvalue weighted by Gasteiger charge is 2.41. The Morgan fingerprint density at radius 3 is 2.32 bits per heavy atom. The summed E-state index contributed by atoms with van der Waals surface area (Å²) in [5, 5.41) is 0. The fourth-order valence-corrected chi connectivity index (χ4v) is 3.63. The molecule has 1 aliphatic rings. The molecule has 1 saturated heterocycles. The second-order valence-electron chi connectivity index (χ2n) is 8.89. The second-order valence-corrected chi connectivity index (χ2v) is 8.89. The number of allylic oxidation sites excluding steroid dienone is 1. The lowest BCUT2D eigenvalue weighted by atomic mass is 10.0. The molecule has 0 spiro atoms. The first-order valence-corrected chi connectivity index (χ1v) is 10.7. The Morgan fingerprint density at radius 1 is 1.03 bits per heavy atom. The van der Waals surface area contributed by atoms with E-state index in [0.29, 0.717) is 13.0 Å². The monoisotopic (exact) mass is 421 g/mol. The number of esters is 1. The highest BCUT2D eigenvalue weighted by atomic mass is 16.6. The van der Waals surface area contributed by atoms with E-state index in [0.717, 1.165) is 17.5 Å². The van der Waals surface area contributed by atoms with Crippen LogP contribution in [0.25, 0.3) is 6.08 Å². The molecule has 0 aliphatic carbocycles. The summed E-state index contributed by atoms with van der Waals surface area (Å²) >= 11 is 0.